The van der Waals surface area contributed by atoms with Gasteiger partial charge in [-0.05, 0) is 59.7 Å². The topological polar surface area (TPSA) is 45.9 Å². The van der Waals surface area contributed by atoms with Gasteiger partial charge in [-0.15, -0.1) is 4.98 Å². The van der Waals surface area contributed by atoms with Gasteiger partial charge in [0.2, 0.25) is 0 Å². The summed E-state index contributed by atoms with van der Waals surface area (Å²) in [6.07, 6.45) is 3.42. The SMILES string of the molecule is [C-]#[N+]c1ccc2[nH]c(-c3ccc(F)cc3)c(-c3ccncc3)c2n1. The number of aromatic amines is 1. The summed E-state index contributed by atoms with van der Waals surface area (Å²) < 4.78 is 13.3. The van der Waals surface area contributed by atoms with E-state index in [2.05, 4.69) is 19.8 Å². The van der Waals surface area contributed by atoms with Gasteiger partial charge in [0, 0.05) is 12.4 Å². The van der Waals surface area contributed by atoms with Gasteiger partial charge in [0.1, 0.15) is 5.82 Å². The summed E-state index contributed by atoms with van der Waals surface area (Å²) in [5.41, 5.74) is 5.05. The van der Waals surface area contributed by atoms with E-state index in [0.717, 1.165) is 27.9 Å². The highest BCUT2D eigenvalue weighted by atomic mass is 19.1. The van der Waals surface area contributed by atoms with E-state index in [4.69, 9.17) is 6.57 Å². The van der Waals surface area contributed by atoms with Gasteiger partial charge in [-0.2, -0.15) is 0 Å². The predicted molar refractivity (Wildman–Crippen MR) is 91.0 cm³/mol. The van der Waals surface area contributed by atoms with Crippen molar-refractivity contribution in [1.82, 2.24) is 15.0 Å². The normalized spacial score (nSPS) is 10.7. The molecular formula is C19H11FN4. The van der Waals surface area contributed by atoms with Crippen molar-refractivity contribution in [3.05, 3.63) is 78.2 Å². The van der Waals surface area contributed by atoms with E-state index in [1.165, 1.54) is 12.1 Å². The summed E-state index contributed by atoms with van der Waals surface area (Å²) in [5, 5.41) is 0. The molecule has 0 aliphatic carbocycles. The number of halogens is 1. The molecular weight excluding hydrogens is 303 g/mol. The number of aromatic nitrogens is 3. The van der Waals surface area contributed by atoms with Crippen LogP contribution < -0.4 is 0 Å². The maximum atomic E-state index is 13.3. The first-order chi connectivity index (χ1) is 11.8. The summed E-state index contributed by atoms with van der Waals surface area (Å²) in [5.74, 6) is 0.0520. The van der Waals surface area contributed by atoms with Crippen molar-refractivity contribution in [2.24, 2.45) is 0 Å². The van der Waals surface area contributed by atoms with Gasteiger partial charge >= 0.3 is 0 Å². The third-order valence-electron chi connectivity index (χ3n) is 3.84. The molecule has 0 aliphatic heterocycles. The minimum Gasteiger partial charge on any atom is -0.361 e. The first-order valence-corrected chi connectivity index (χ1v) is 7.33. The molecule has 4 nitrogen and oxygen atoms in total. The van der Waals surface area contributed by atoms with Crippen LogP contribution in [0.15, 0.2) is 60.9 Å². The fraction of sp³-hybridized carbons (Fsp3) is 0. The van der Waals surface area contributed by atoms with Crippen LogP contribution in [0.25, 0.3) is 38.3 Å². The lowest BCUT2D eigenvalue weighted by Crippen LogP contribution is -1.85. The number of hydrogen-bond donors (Lipinski definition) is 1. The van der Waals surface area contributed by atoms with Crippen LogP contribution in [0.5, 0.6) is 0 Å². The first kappa shape index (κ1) is 14.1. The first-order valence-electron chi connectivity index (χ1n) is 7.33. The minimum atomic E-state index is -0.284. The Balaban J connectivity index is 2.06. The largest absolute Gasteiger partial charge is 0.361 e. The molecule has 114 valence electrons. The zero-order valence-electron chi connectivity index (χ0n) is 12.5. The number of hydrogen-bond acceptors (Lipinski definition) is 2. The smallest absolute Gasteiger partial charge is 0.270 e. The number of benzene rings is 1. The zero-order valence-corrected chi connectivity index (χ0v) is 12.5. The minimum absolute atomic E-state index is 0.284. The number of nitrogens with zero attached hydrogens (tertiary/aromatic N) is 3. The standard InChI is InChI=1S/C19H11FN4/c1-21-16-7-6-15-19(24-16)17(12-8-10-22-11-9-12)18(23-15)13-2-4-14(20)5-3-13/h2-11,23H. The number of rotatable bonds is 2. The van der Waals surface area contributed by atoms with Crippen LogP contribution in [0.3, 0.4) is 0 Å². The summed E-state index contributed by atoms with van der Waals surface area (Å²) in [4.78, 5) is 15.3. The van der Waals surface area contributed by atoms with Crippen molar-refractivity contribution in [2.45, 2.75) is 0 Å². The second kappa shape index (κ2) is 5.60. The second-order valence-corrected chi connectivity index (χ2v) is 5.30. The molecule has 0 spiro atoms. The maximum absolute atomic E-state index is 13.3. The number of nitrogens with one attached hydrogen (secondary N) is 1. The Labute approximate surface area is 137 Å². The van der Waals surface area contributed by atoms with Crippen LogP contribution in [0, 0.1) is 12.4 Å². The average Bonchev–Trinajstić information content (AvgIpc) is 3.01. The van der Waals surface area contributed by atoms with E-state index in [0.29, 0.717) is 11.3 Å². The van der Waals surface area contributed by atoms with E-state index >= 15 is 0 Å². The Morgan fingerprint density at radius 3 is 2.38 bits per heavy atom. The third-order valence-corrected chi connectivity index (χ3v) is 3.84. The molecule has 0 amide bonds. The molecule has 24 heavy (non-hydrogen) atoms. The predicted octanol–water partition coefficient (Wildman–Crippen LogP) is 4.98. The molecule has 0 bridgehead atoms. The monoisotopic (exact) mass is 314 g/mol. The Hall–Kier alpha value is -3.52. The molecule has 0 saturated heterocycles. The Bertz CT molecular complexity index is 1060. The number of fused-ring (bicyclic) bond motifs is 1. The van der Waals surface area contributed by atoms with Crippen LogP contribution in [-0.4, -0.2) is 15.0 Å². The van der Waals surface area contributed by atoms with E-state index in [1.54, 1.807) is 30.6 Å². The lowest BCUT2D eigenvalue weighted by molar-refractivity contribution is 0.628. The van der Waals surface area contributed by atoms with Gasteiger partial charge < -0.3 is 9.83 Å². The highest BCUT2D eigenvalue weighted by molar-refractivity contribution is 6.02. The molecule has 0 unspecified atom stereocenters. The van der Waals surface area contributed by atoms with Crippen molar-refractivity contribution >= 4 is 16.9 Å². The number of pyridine rings is 2. The van der Waals surface area contributed by atoms with E-state index in [1.807, 2.05) is 18.2 Å². The fourth-order valence-corrected chi connectivity index (χ4v) is 2.75. The molecule has 3 heterocycles. The van der Waals surface area contributed by atoms with Gasteiger partial charge in [-0.25, -0.2) is 4.39 Å². The molecule has 4 aromatic rings. The molecule has 0 fully saturated rings. The van der Waals surface area contributed by atoms with Crippen molar-refractivity contribution < 1.29 is 4.39 Å². The summed E-state index contributed by atoms with van der Waals surface area (Å²) >= 11 is 0. The highest BCUT2D eigenvalue weighted by Gasteiger charge is 2.19. The molecule has 0 aliphatic rings. The van der Waals surface area contributed by atoms with Gasteiger partial charge in [-0.1, -0.05) is 6.57 Å². The second-order valence-electron chi connectivity index (χ2n) is 5.30. The molecule has 1 N–H and O–H groups in total. The molecule has 5 heteroatoms. The van der Waals surface area contributed by atoms with E-state index in [-0.39, 0.29) is 5.82 Å². The van der Waals surface area contributed by atoms with Crippen LogP contribution in [0.4, 0.5) is 10.2 Å². The molecule has 0 saturated carbocycles. The van der Waals surface area contributed by atoms with Gasteiger partial charge in [-0.3, -0.25) is 4.98 Å². The van der Waals surface area contributed by atoms with Crippen molar-refractivity contribution in [3.63, 3.8) is 0 Å². The van der Waals surface area contributed by atoms with Crippen molar-refractivity contribution in [2.75, 3.05) is 0 Å². The van der Waals surface area contributed by atoms with Crippen LogP contribution in [0.1, 0.15) is 0 Å². The van der Waals surface area contributed by atoms with Crippen LogP contribution in [-0.2, 0) is 0 Å². The maximum Gasteiger partial charge on any atom is 0.270 e. The third kappa shape index (κ3) is 2.31. The molecule has 4 rings (SSSR count). The average molecular weight is 314 g/mol. The lowest BCUT2D eigenvalue weighted by atomic mass is 10.0. The highest BCUT2D eigenvalue weighted by Crippen LogP contribution is 2.37. The molecule has 0 atom stereocenters. The molecule has 1 aromatic carbocycles. The zero-order chi connectivity index (χ0) is 16.5. The Morgan fingerprint density at radius 2 is 1.67 bits per heavy atom. The van der Waals surface area contributed by atoms with Crippen LogP contribution in [0.2, 0.25) is 0 Å². The van der Waals surface area contributed by atoms with E-state index in [9.17, 15) is 4.39 Å². The molecule has 0 radical (unpaired) electrons. The Kier molecular flexibility index (Phi) is 3.29. The summed E-state index contributed by atoms with van der Waals surface area (Å²) in [6.45, 7) is 7.19. The van der Waals surface area contributed by atoms with Gasteiger partial charge in [0.25, 0.3) is 5.82 Å². The van der Waals surface area contributed by atoms with Gasteiger partial charge in [0.15, 0.2) is 5.52 Å². The van der Waals surface area contributed by atoms with Crippen molar-refractivity contribution in [1.29, 1.82) is 0 Å². The summed E-state index contributed by atoms with van der Waals surface area (Å²) in [7, 11) is 0. The van der Waals surface area contributed by atoms with Gasteiger partial charge in [0.05, 0.1) is 16.8 Å². The quantitative estimate of drug-likeness (QED) is 0.530. The Morgan fingerprint density at radius 1 is 0.917 bits per heavy atom. The fourth-order valence-electron chi connectivity index (χ4n) is 2.75. The molecule has 3 aromatic heterocycles. The summed E-state index contributed by atoms with van der Waals surface area (Å²) in [6, 6.07) is 13.6. The van der Waals surface area contributed by atoms with Crippen molar-refractivity contribution in [3.8, 4) is 22.4 Å². The van der Waals surface area contributed by atoms with Crippen LogP contribution >= 0.6 is 0 Å². The number of H-pyrrole nitrogens is 1. The van der Waals surface area contributed by atoms with E-state index < -0.39 is 0 Å². The lowest BCUT2D eigenvalue weighted by Gasteiger charge is -2.04.